The summed E-state index contributed by atoms with van der Waals surface area (Å²) in [6, 6.07) is 12.3. The van der Waals surface area contributed by atoms with Gasteiger partial charge in [0.2, 0.25) is 10.0 Å². The van der Waals surface area contributed by atoms with E-state index < -0.39 is 10.0 Å². The van der Waals surface area contributed by atoms with Crippen LogP contribution in [0.2, 0.25) is 0 Å². The molecule has 2 unspecified atom stereocenters. The smallest absolute Gasteiger partial charge is 0.260 e. The summed E-state index contributed by atoms with van der Waals surface area (Å²) in [6.07, 6.45) is -0.340. The second kappa shape index (κ2) is 11.6. The average Bonchev–Trinajstić information content (AvgIpc) is 3.28. The molecule has 200 valence electrons. The Labute approximate surface area is 223 Å². The van der Waals surface area contributed by atoms with E-state index in [1.807, 2.05) is 32.9 Å². The minimum atomic E-state index is -3.68. The third-order valence-electron chi connectivity index (χ3n) is 6.67. The maximum atomic E-state index is 13.7. The number of rotatable bonds is 9. The molecular formula is C27H36N4O4S2. The van der Waals surface area contributed by atoms with Gasteiger partial charge < -0.3 is 9.64 Å². The lowest BCUT2D eigenvalue weighted by Gasteiger charge is -2.34. The van der Waals surface area contributed by atoms with Crippen LogP contribution in [0.5, 0.6) is 0 Å². The highest BCUT2D eigenvalue weighted by molar-refractivity contribution is 7.89. The lowest BCUT2D eigenvalue weighted by molar-refractivity contribution is -0.0440. The topological polar surface area (TPSA) is 83.1 Å². The van der Waals surface area contributed by atoms with Crippen molar-refractivity contribution in [2.24, 2.45) is 0 Å². The Morgan fingerprint density at radius 1 is 1.05 bits per heavy atom. The molecule has 8 nitrogen and oxygen atoms in total. The molecule has 0 saturated carbocycles. The number of aryl methyl sites for hydroxylation is 1. The summed E-state index contributed by atoms with van der Waals surface area (Å²) < 4.78 is 34.7. The molecule has 1 saturated heterocycles. The zero-order valence-corrected chi connectivity index (χ0v) is 23.8. The Kier molecular flexibility index (Phi) is 8.65. The summed E-state index contributed by atoms with van der Waals surface area (Å²) in [5.41, 5.74) is 2.43. The highest BCUT2D eigenvalue weighted by Crippen LogP contribution is 2.31. The van der Waals surface area contributed by atoms with E-state index in [0.29, 0.717) is 36.9 Å². The number of carbonyl (C=O) groups excluding carboxylic acids is 1. The molecule has 0 bridgehead atoms. The van der Waals surface area contributed by atoms with Crippen LogP contribution < -0.4 is 4.90 Å². The Bertz CT molecular complexity index is 1330. The molecule has 1 aliphatic heterocycles. The number of fused-ring (bicyclic) bond motifs is 1. The first-order valence-electron chi connectivity index (χ1n) is 12.8. The Morgan fingerprint density at radius 2 is 1.70 bits per heavy atom. The number of amides is 1. The van der Waals surface area contributed by atoms with E-state index in [9.17, 15) is 13.2 Å². The fourth-order valence-electron chi connectivity index (χ4n) is 4.60. The van der Waals surface area contributed by atoms with Crippen LogP contribution in [0.3, 0.4) is 0 Å². The largest absolute Gasteiger partial charge is 0.373 e. The highest BCUT2D eigenvalue weighted by atomic mass is 32.2. The first-order valence-corrected chi connectivity index (χ1v) is 15.0. The summed E-state index contributed by atoms with van der Waals surface area (Å²) in [5.74, 6) is -0.194. The van der Waals surface area contributed by atoms with Crippen LogP contribution in [0, 0.1) is 6.92 Å². The highest BCUT2D eigenvalue weighted by Gasteiger charge is 2.32. The van der Waals surface area contributed by atoms with Crippen molar-refractivity contribution in [2.75, 3.05) is 44.2 Å². The summed E-state index contributed by atoms with van der Waals surface area (Å²) in [7, 11) is -3.68. The molecule has 2 atom stereocenters. The van der Waals surface area contributed by atoms with Gasteiger partial charge >= 0.3 is 0 Å². The fourth-order valence-corrected chi connectivity index (χ4v) is 7.28. The van der Waals surface area contributed by atoms with Crippen molar-refractivity contribution in [2.45, 2.75) is 51.7 Å². The molecule has 37 heavy (non-hydrogen) atoms. The number of ether oxygens (including phenoxy) is 1. The average molecular weight is 545 g/mol. The second-order valence-corrected chi connectivity index (χ2v) is 12.5. The van der Waals surface area contributed by atoms with E-state index in [0.717, 1.165) is 28.9 Å². The number of carbonyl (C=O) groups is 1. The van der Waals surface area contributed by atoms with E-state index in [4.69, 9.17) is 9.72 Å². The van der Waals surface area contributed by atoms with Crippen molar-refractivity contribution >= 4 is 42.6 Å². The van der Waals surface area contributed by atoms with E-state index in [2.05, 4.69) is 24.8 Å². The van der Waals surface area contributed by atoms with Gasteiger partial charge in [-0.15, -0.1) is 0 Å². The SMILES string of the molecule is CCN(CC)CCN(C(=O)c1ccc(S(=O)(=O)N2CC(C)OC(C)C2)cc1)c1nc2ccc(C)cc2s1. The van der Waals surface area contributed by atoms with Crippen molar-refractivity contribution in [3.8, 4) is 0 Å². The molecule has 3 aromatic rings. The third-order valence-corrected chi connectivity index (χ3v) is 9.56. The monoisotopic (exact) mass is 544 g/mol. The van der Waals surface area contributed by atoms with Gasteiger partial charge in [0.15, 0.2) is 5.13 Å². The standard InChI is InChI=1S/C27H36N4O4S2/c1-6-29(7-2)14-15-31(27-28-24-13-8-19(3)16-25(24)36-27)26(32)22-9-11-23(12-10-22)37(33,34)30-17-20(4)35-21(5)18-30/h8-13,16,20-21H,6-7,14-15,17-18H2,1-5H3. The molecule has 0 spiro atoms. The van der Waals surface area contributed by atoms with Crippen molar-refractivity contribution in [1.82, 2.24) is 14.2 Å². The number of likely N-dealkylation sites (N-methyl/N-ethyl adjacent to an activating group) is 1. The normalized spacial score (nSPS) is 19.0. The fraction of sp³-hybridized carbons (Fsp3) is 0.481. The lowest BCUT2D eigenvalue weighted by Crippen LogP contribution is -2.48. The summed E-state index contributed by atoms with van der Waals surface area (Å²) in [5, 5.41) is 0.644. The molecule has 0 aliphatic carbocycles. The quantitative estimate of drug-likeness (QED) is 0.397. The molecule has 0 radical (unpaired) electrons. The number of anilines is 1. The summed E-state index contributed by atoms with van der Waals surface area (Å²) >= 11 is 1.50. The second-order valence-electron chi connectivity index (χ2n) is 9.56. The molecule has 1 aromatic heterocycles. The zero-order chi connectivity index (χ0) is 26.7. The number of nitrogens with zero attached hydrogens (tertiary/aromatic N) is 4. The number of hydrogen-bond acceptors (Lipinski definition) is 7. The number of thiazole rings is 1. The van der Waals surface area contributed by atoms with Crippen LogP contribution in [-0.4, -0.2) is 80.0 Å². The van der Waals surface area contributed by atoms with E-state index in [1.54, 1.807) is 17.0 Å². The van der Waals surface area contributed by atoms with Gasteiger partial charge in [0.1, 0.15) is 0 Å². The van der Waals surface area contributed by atoms with Gasteiger partial charge in [-0.2, -0.15) is 4.31 Å². The van der Waals surface area contributed by atoms with Crippen molar-refractivity contribution in [3.05, 3.63) is 53.6 Å². The molecule has 1 aliphatic rings. The lowest BCUT2D eigenvalue weighted by atomic mass is 10.2. The number of aromatic nitrogens is 1. The molecule has 1 amide bonds. The Balaban J connectivity index is 1.61. The van der Waals surface area contributed by atoms with Crippen molar-refractivity contribution in [1.29, 1.82) is 0 Å². The van der Waals surface area contributed by atoms with Crippen LogP contribution in [-0.2, 0) is 14.8 Å². The minimum absolute atomic E-state index is 0.170. The molecule has 1 fully saturated rings. The molecule has 2 aromatic carbocycles. The number of hydrogen-bond donors (Lipinski definition) is 0. The number of benzene rings is 2. The van der Waals surface area contributed by atoms with E-state index >= 15 is 0 Å². The van der Waals surface area contributed by atoms with Crippen LogP contribution in [0.15, 0.2) is 47.4 Å². The predicted molar refractivity (Wildman–Crippen MR) is 149 cm³/mol. The van der Waals surface area contributed by atoms with Gasteiger partial charge in [-0.1, -0.05) is 31.3 Å². The van der Waals surface area contributed by atoms with E-state index in [-0.39, 0.29) is 23.0 Å². The maximum Gasteiger partial charge on any atom is 0.260 e. The first kappa shape index (κ1) is 27.7. The number of sulfonamides is 1. The molecule has 2 heterocycles. The number of morpholine rings is 1. The summed E-state index contributed by atoms with van der Waals surface area (Å²) in [6.45, 7) is 13.6. The van der Waals surface area contributed by atoms with Crippen molar-refractivity contribution in [3.63, 3.8) is 0 Å². The first-order chi connectivity index (χ1) is 17.6. The molecule has 10 heteroatoms. The third kappa shape index (κ3) is 6.21. The van der Waals surface area contributed by atoms with Gasteiger partial charge in [-0.25, -0.2) is 13.4 Å². The molecule has 4 rings (SSSR count). The van der Waals surface area contributed by atoms with Gasteiger partial charge in [0.25, 0.3) is 5.91 Å². The van der Waals surface area contributed by atoms with Gasteiger partial charge in [0.05, 0.1) is 27.3 Å². The summed E-state index contributed by atoms with van der Waals surface area (Å²) in [4.78, 5) is 22.6. The maximum absolute atomic E-state index is 13.7. The van der Waals surface area contributed by atoms with Crippen LogP contribution in [0.1, 0.15) is 43.6 Å². The van der Waals surface area contributed by atoms with Crippen LogP contribution >= 0.6 is 11.3 Å². The Morgan fingerprint density at radius 3 is 2.32 bits per heavy atom. The molecular weight excluding hydrogens is 508 g/mol. The zero-order valence-electron chi connectivity index (χ0n) is 22.2. The van der Waals surface area contributed by atoms with Crippen LogP contribution in [0.4, 0.5) is 5.13 Å². The van der Waals surface area contributed by atoms with Gasteiger partial charge in [-0.05, 0) is 75.8 Å². The Hall–Kier alpha value is -2.37. The molecule has 0 N–H and O–H groups in total. The minimum Gasteiger partial charge on any atom is -0.373 e. The van der Waals surface area contributed by atoms with Crippen LogP contribution in [0.25, 0.3) is 10.2 Å². The van der Waals surface area contributed by atoms with Crippen molar-refractivity contribution < 1.29 is 17.9 Å². The van der Waals surface area contributed by atoms with Gasteiger partial charge in [0, 0.05) is 31.7 Å². The predicted octanol–water partition coefficient (Wildman–Crippen LogP) is 4.39. The van der Waals surface area contributed by atoms with E-state index in [1.165, 1.54) is 27.8 Å². The van der Waals surface area contributed by atoms with Gasteiger partial charge in [-0.3, -0.25) is 9.69 Å².